The van der Waals surface area contributed by atoms with Crippen LogP contribution in [0.15, 0.2) is 18.2 Å². The fraction of sp³-hybridized carbons (Fsp3) is 0.250. The van der Waals surface area contributed by atoms with Crippen LogP contribution in [0.2, 0.25) is 0 Å². The van der Waals surface area contributed by atoms with Gasteiger partial charge in [0.25, 0.3) is 0 Å². The fourth-order valence-electron chi connectivity index (χ4n) is 0.996. The maximum atomic E-state index is 5.82. The molecule has 0 N–H and O–H groups in total. The monoisotopic (exact) mass is 170 g/mol. The molecule has 0 atom stereocenters. The summed E-state index contributed by atoms with van der Waals surface area (Å²) in [6.45, 7) is 4.23. The Labute approximate surface area is 68.7 Å². The van der Waals surface area contributed by atoms with Gasteiger partial charge in [0.1, 0.15) is 0 Å². The van der Waals surface area contributed by atoms with E-state index in [-0.39, 0.29) is 0 Å². The topological polar surface area (TPSA) is 0 Å². The first kappa shape index (κ1) is 7.83. The highest BCUT2D eigenvalue weighted by Crippen LogP contribution is 1.99. The van der Waals surface area contributed by atoms with E-state index in [0.29, 0.717) is 0 Å². The SMILES string of the molecule is Cc1ccc([SiH2]Cl)c(C)c1. The van der Waals surface area contributed by atoms with Gasteiger partial charge in [0, 0.05) is 0 Å². The third-order valence-corrected chi connectivity index (χ3v) is 3.59. The maximum absolute atomic E-state index is 5.82. The predicted molar refractivity (Wildman–Crippen MR) is 49.9 cm³/mol. The third kappa shape index (κ3) is 1.61. The molecule has 0 saturated heterocycles. The zero-order valence-corrected chi connectivity index (χ0v) is 8.49. The van der Waals surface area contributed by atoms with Crippen molar-refractivity contribution in [2.75, 3.05) is 0 Å². The minimum absolute atomic E-state index is 0.481. The smallest absolute Gasteiger partial charge is 0.156 e. The average molecular weight is 171 g/mol. The van der Waals surface area contributed by atoms with E-state index in [1.54, 1.807) is 0 Å². The van der Waals surface area contributed by atoms with E-state index in [1.807, 2.05) is 0 Å². The number of rotatable bonds is 1. The molecule has 2 heteroatoms. The average Bonchev–Trinajstić information content (AvgIpc) is 1.88. The van der Waals surface area contributed by atoms with Crippen LogP contribution < -0.4 is 5.19 Å². The lowest BCUT2D eigenvalue weighted by Crippen LogP contribution is -2.12. The number of halogens is 1. The third-order valence-electron chi connectivity index (χ3n) is 1.64. The van der Waals surface area contributed by atoms with Gasteiger partial charge in [0.15, 0.2) is 8.83 Å². The molecule has 0 fully saturated rings. The van der Waals surface area contributed by atoms with Crippen molar-refractivity contribution >= 4 is 25.1 Å². The first-order valence-electron chi connectivity index (χ1n) is 3.36. The van der Waals surface area contributed by atoms with E-state index in [2.05, 4.69) is 32.0 Å². The number of aryl methyl sites for hydroxylation is 2. The van der Waals surface area contributed by atoms with Gasteiger partial charge >= 0.3 is 0 Å². The normalized spacial score (nSPS) is 11.1. The lowest BCUT2D eigenvalue weighted by atomic mass is 10.2. The number of hydrogen-bond acceptors (Lipinski definition) is 0. The summed E-state index contributed by atoms with van der Waals surface area (Å²) in [5.41, 5.74) is 2.67. The van der Waals surface area contributed by atoms with Crippen molar-refractivity contribution < 1.29 is 0 Å². The summed E-state index contributed by atoms with van der Waals surface area (Å²) in [6.07, 6.45) is 0. The Kier molecular flexibility index (Phi) is 2.52. The molecule has 0 radical (unpaired) electrons. The van der Waals surface area contributed by atoms with Crippen molar-refractivity contribution in [3.05, 3.63) is 29.3 Å². The molecule has 1 aromatic carbocycles. The summed E-state index contributed by atoms with van der Waals surface area (Å²) in [5, 5.41) is 1.37. The molecule has 0 unspecified atom stereocenters. The van der Waals surface area contributed by atoms with Gasteiger partial charge in [0.2, 0.25) is 0 Å². The molecule has 0 bridgehead atoms. The van der Waals surface area contributed by atoms with Crippen molar-refractivity contribution in [2.45, 2.75) is 13.8 Å². The minimum Gasteiger partial charge on any atom is -0.170 e. The summed E-state index contributed by atoms with van der Waals surface area (Å²) < 4.78 is 0. The quantitative estimate of drug-likeness (QED) is 0.440. The molecule has 0 aliphatic rings. The molecule has 0 heterocycles. The van der Waals surface area contributed by atoms with Crippen molar-refractivity contribution in [3.8, 4) is 0 Å². The van der Waals surface area contributed by atoms with Crippen LogP contribution in [0.1, 0.15) is 11.1 Å². The van der Waals surface area contributed by atoms with E-state index in [1.165, 1.54) is 16.3 Å². The summed E-state index contributed by atoms with van der Waals surface area (Å²) >= 11 is 5.82. The molecule has 54 valence electrons. The molecular weight excluding hydrogens is 160 g/mol. The van der Waals surface area contributed by atoms with E-state index in [4.69, 9.17) is 11.1 Å². The van der Waals surface area contributed by atoms with Crippen molar-refractivity contribution in [2.24, 2.45) is 0 Å². The first-order valence-corrected chi connectivity index (χ1v) is 6.20. The van der Waals surface area contributed by atoms with E-state index in [9.17, 15) is 0 Å². The highest BCUT2D eigenvalue weighted by Gasteiger charge is 1.95. The number of hydrogen-bond donors (Lipinski definition) is 0. The van der Waals surface area contributed by atoms with Crippen LogP contribution >= 0.6 is 11.1 Å². The highest BCUT2D eigenvalue weighted by molar-refractivity contribution is 7.01. The fourth-order valence-corrected chi connectivity index (χ4v) is 2.42. The second-order valence-corrected chi connectivity index (χ2v) is 4.39. The van der Waals surface area contributed by atoms with Crippen LogP contribution in [0.25, 0.3) is 0 Å². The van der Waals surface area contributed by atoms with Gasteiger partial charge in [-0.15, -0.1) is 0 Å². The van der Waals surface area contributed by atoms with Crippen LogP contribution in [0, 0.1) is 13.8 Å². The Hall–Kier alpha value is -0.273. The van der Waals surface area contributed by atoms with Crippen LogP contribution in [-0.4, -0.2) is 8.83 Å². The van der Waals surface area contributed by atoms with Gasteiger partial charge in [-0.3, -0.25) is 0 Å². The molecule has 0 nitrogen and oxygen atoms in total. The van der Waals surface area contributed by atoms with Crippen molar-refractivity contribution in [1.82, 2.24) is 0 Å². The molecule has 0 spiro atoms. The van der Waals surface area contributed by atoms with Crippen molar-refractivity contribution in [3.63, 3.8) is 0 Å². The van der Waals surface area contributed by atoms with E-state index in [0.717, 1.165) is 0 Å². The summed E-state index contributed by atoms with van der Waals surface area (Å²) in [7, 11) is -0.481. The van der Waals surface area contributed by atoms with Gasteiger partial charge in [-0.05, 0) is 19.0 Å². The van der Waals surface area contributed by atoms with Gasteiger partial charge in [-0.2, -0.15) is 11.1 Å². The zero-order valence-electron chi connectivity index (χ0n) is 6.32. The first-order chi connectivity index (χ1) is 4.74. The molecule has 0 saturated carbocycles. The van der Waals surface area contributed by atoms with Crippen LogP contribution in [-0.2, 0) is 0 Å². The summed E-state index contributed by atoms with van der Waals surface area (Å²) in [5.74, 6) is 0. The van der Waals surface area contributed by atoms with Gasteiger partial charge in [-0.25, -0.2) is 0 Å². The lowest BCUT2D eigenvalue weighted by Gasteiger charge is -2.00. The van der Waals surface area contributed by atoms with Gasteiger partial charge in [-0.1, -0.05) is 29.3 Å². The summed E-state index contributed by atoms with van der Waals surface area (Å²) in [6, 6.07) is 6.45. The van der Waals surface area contributed by atoms with Gasteiger partial charge < -0.3 is 0 Å². The second kappa shape index (κ2) is 3.22. The highest BCUT2D eigenvalue weighted by atomic mass is 35.6. The molecule has 1 rings (SSSR count). The minimum atomic E-state index is -0.481. The van der Waals surface area contributed by atoms with E-state index >= 15 is 0 Å². The Morgan fingerprint density at radius 2 is 2.00 bits per heavy atom. The van der Waals surface area contributed by atoms with Crippen LogP contribution in [0.5, 0.6) is 0 Å². The van der Waals surface area contributed by atoms with E-state index < -0.39 is 8.83 Å². The molecule has 0 amide bonds. The predicted octanol–water partition coefficient (Wildman–Crippen LogP) is 1.25. The van der Waals surface area contributed by atoms with Crippen molar-refractivity contribution in [1.29, 1.82) is 0 Å². The maximum Gasteiger partial charge on any atom is 0.156 e. The van der Waals surface area contributed by atoms with Crippen LogP contribution in [0.3, 0.4) is 0 Å². The molecular formula is C8H11ClSi. The van der Waals surface area contributed by atoms with Crippen LogP contribution in [0.4, 0.5) is 0 Å². The zero-order chi connectivity index (χ0) is 7.56. The molecule has 0 aromatic heterocycles. The largest absolute Gasteiger partial charge is 0.170 e. The second-order valence-electron chi connectivity index (χ2n) is 2.56. The summed E-state index contributed by atoms with van der Waals surface area (Å²) in [4.78, 5) is 0. The molecule has 0 aliphatic heterocycles. The molecule has 0 aliphatic carbocycles. The standard InChI is InChI=1S/C8H11ClSi/c1-6-3-4-8(10-9)7(2)5-6/h3-5H,10H2,1-2H3. The molecule has 10 heavy (non-hydrogen) atoms. The Bertz CT molecular complexity index is 233. The van der Waals surface area contributed by atoms with Gasteiger partial charge in [0.05, 0.1) is 0 Å². The Morgan fingerprint density at radius 3 is 2.50 bits per heavy atom. The molecule has 1 aromatic rings. The lowest BCUT2D eigenvalue weighted by molar-refractivity contribution is 1.41. The Balaban J connectivity index is 3.07. The number of benzene rings is 1. The Morgan fingerprint density at radius 1 is 1.30 bits per heavy atom.